The minimum atomic E-state index is -0.154. The van der Waals surface area contributed by atoms with Crippen molar-refractivity contribution in [2.45, 2.75) is 6.54 Å². The number of aryl methyl sites for hydroxylation is 1. The molecule has 0 fully saturated rings. The second-order valence-corrected chi connectivity index (χ2v) is 5.78. The van der Waals surface area contributed by atoms with Gasteiger partial charge in [-0.3, -0.25) is 14.5 Å². The van der Waals surface area contributed by atoms with E-state index in [-0.39, 0.29) is 5.91 Å². The molecule has 0 atom stereocenters. The summed E-state index contributed by atoms with van der Waals surface area (Å²) in [4.78, 5) is 16.3. The maximum atomic E-state index is 12.3. The second-order valence-electron chi connectivity index (χ2n) is 5.40. The van der Waals surface area contributed by atoms with Gasteiger partial charge in [0.2, 0.25) is 0 Å². The van der Waals surface area contributed by atoms with Crippen molar-refractivity contribution in [3.05, 3.63) is 47.5 Å². The number of carbonyl (C=O) groups is 1. The number of hydrogen-bond donors (Lipinski definition) is 1. The molecule has 116 valence electrons. The molecule has 0 spiro atoms. The molecule has 0 radical (unpaired) electrons. The smallest absolute Gasteiger partial charge is 0.269 e. The molecule has 6 nitrogen and oxygen atoms in total. The highest BCUT2D eigenvalue weighted by atomic mass is 35.5. The first-order chi connectivity index (χ1) is 11.2. The highest BCUT2D eigenvalue weighted by molar-refractivity contribution is 6.37. The van der Waals surface area contributed by atoms with Gasteiger partial charge >= 0.3 is 0 Å². The molecule has 7 heteroatoms. The fourth-order valence-electron chi connectivity index (χ4n) is 2.99. The topological polar surface area (TPSA) is 64.7 Å². The van der Waals surface area contributed by atoms with Crippen LogP contribution in [0.2, 0.25) is 5.02 Å². The largest absolute Gasteiger partial charge is 0.349 e. The van der Waals surface area contributed by atoms with E-state index >= 15 is 0 Å². The molecule has 1 aliphatic rings. The fourth-order valence-corrected chi connectivity index (χ4v) is 3.37. The molecule has 0 bridgehead atoms. The Morgan fingerprint density at radius 3 is 2.70 bits per heavy atom. The Morgan fingerprint density at radius 2 is 2.00 bits per heavy atom. The average Bonchev–Trinajstić information content (AvgIpc) is 3.10. The number of aromatic nitrogens is 4. The van der Waals surface area contributed by atoms with Crippen molar-refractivity contribution < 1.29 is 4.79 Å². The van der Waals surface area contributed by atoms with Gasteiger partial charge in [-0.1, -0.05) is 11.6 Å². The predicted molar refractivity (Wildman–Crippen MR) is 87.2 cm³/mol. The molecule has 0 saturated heterocycles. The first-order valence-electron chi connectivity index (χ1n) is 7.27. The molecule has 1 amide bonds. The van der Waals surface area contributed by atoms with Crippen LogP contribution >= 0.6 is 11.6 Å². The minimum Gasteiger partial charge on any atom is -0.349 e. The van der Waals surface area contributed by atoms with E-state index in [2.05, 4.69) is 15.4 Å². The van der Waals surface area contributed by atoms with Gasteiger partial charge < -0.3 is 9.88 Å². The normalized spacial score (nSPS) is 13.7. The van der Waals surface area contributed by atoms with E-state index in [1.54, 1.807) is 17.1 Å². The van der Waals surface area contributed by atoms with Gasteiger partial charge in [0.15, 0.2) is 0 Å². The highest BCUT2D eigenvalue weighted by Gasteiger charge is 2.30. The summed E-state index contributed by atoms with van der Waals surface area (Å²) in [7, 11) is 1.87. The molecule has 3 aromatic rings. The maximum Gasteiger partial charge on any atom is 0.269 e. The second kappa shape index (κ2) is 5.24. The lowest BCUT2D eigenvalue weighted by Gasteiger charge is -2.18. The number of pyridine rings is 1. The average molecular weight is 328 g/mol. The number of amides is 1. The van der Waals surface area contributed by atoms with Crippen LogP contribution in [0.25, 0.3) is 22.5 Å². The fraction of sp³-hybridized carbons (Fsp3) is 0.188. The molecule has 0 saturated carbocycles. The van der Waals surface area contributed by atoms with E-state index in [4.69, 9.17) is 11.6 Å². The minimum absolute atomic E-state index is 0.154. The van der Waals surface area contributed by atoms with E-state index in [1.165, 1.54) is 0 Å². The lowest BCUT2D eigenvalue weighted by atomic mass is 10.1. The summed E-state index contributed by atoms with van der Waals surface area (Å²) in [5, 5.41) is 7.80. The molecule has 0 aromatic carbocycles. The summed E-state index contributed by atoms with van der Waals surface area (Å²) >= 11 is 6.60. The maximum absolute atomic E-state index is 12.3. The Bertz CT molecular complexity index is 897. The highest BCUT2D eigenvalue weighted by Crippen LogP contribution is 2.42. The lowest BCUT2D eigenvalue weighted by molar-refractivity contribution is 0.0928. The Kier molecular flexibility index (Phi) is 3.20. The van der Waals surface area contributed by atoms with Crippen molar-refractivity contribution in [3.63, 3.8) is 0 Å². The third kappa shape index (κ3) is 2.14. The van der Waals surface area contributed by atoms with Crippen LogP contribution in [-0.4, -0.2) is 31.8 Å². The van der Waals surface area contributed by atoms with Crippen LogP contribution in [0.3, 0.4) is 0 Å². The zero-order valence-corrected chi connectivity index (χ0v) is 13.2. The Labute approximate surface area is 137 Å². The predicted octanol–water partition coefficient (Wildman–Crippen LogP) is 2.35. The van der Waals surface area contributed by atoms with Crippen LogP contribution in [0.4, 0.5) is 0 Å². The number of rotatable bonds is 2. The Balaban J connectivity index is 2.06. The zero-order chi connectivity index (χ0) is 16.0. The van der Waals surface area contributed by atoms with Crippen LogP contribution in [-0.2, 0) is 13.6 Å². The van der Waals surface area contributed by atoms with E-state index in [0.29, 0.717) is 23.8 Å². The number of nitrogens with one attached hydrogen (secondary N) is 1. The standard InChI is InChI=1S/C16H14ClN5O/c1-21-8-4-11(20-21)14-12(10-2-5-18-6-3-10)13(17)15-16(23)19-7-9-22(14)15/h2-6,8H,7,9H2,1H3,(H,19,23). The summed E-state index contributed by atoms with van der Waals surface area (Å²) < 4.78 is 3.70. The molecule has 0 unspecified atom stereocenters. The summed E-state index contributed by atoms with van der Waals surface area (Å²) in [6, 6.07) is 5.70. The molecule has 23 heavy (non-hydrogen) atoms. The molecule has 3 aromatic heterocycles. The van der Waals surface area contributed by atoms with E-state index in [1.807, 2.05) is 36.0 Å². The SMILES string of the molecule is Cn1ccc(-c2c(-c3ccncc3)c(Cl)c3n2CCNC3=O)n1. The number of fused-ring (bicyclic) bond motifs is 1. The summed E-state index contributed by atoms with van der Waals surface area (Å²) in [6.45, 7) is 1.24. The van der Waals surface area contributed by atoms with Crippen LogP contribution in [0.15, 0.2) is 36.8 Å². The van der Waals surface area contributed by atoms with Crippen molar-refractivity contribution in [2.24, 2.45) is 7.05 Å². The summed E-state index contributed by atoms with van der Waals surface area (Å²) in [5.74, 6) is -0.154. The number of hydrogen-bond acceptors (Lipinski definition) is 3. The number of carbonyl (C=O) groups excluding carboxylic acids is 1. The lowest BCUT2D eigenvalue weighted by Crippen LogP contribution is -2.35. The number of nitrogens with zero attached hydrogens (tertiary/aromatic N) is 4. The molecule has 0 aliphatic carbocycles. The monoisotopic (exact) mass is 327 g/mol. The van der Waals surface area contributed by atoms with Crippen molar-refractivity contribution in [1.82, 2.24) is 24.6 Å². The van der Waals surface area contributed by atoms with Gasteiger partial charge in [0.25, 0.3) is 5.91 Å². The van der Waals surface area contributed by atoms with Crippen molar-refractivity contribution in [2.75, 3.05) is 6.54 Å². The van der Waals surface area contributed by atoms with Gasteiger partial charge in [0, 0.05) is 44.3 Å². The molecule has 4 rings (SSSR count). The van der Waals surface area contributed by atoms with Gasteiger partial charge in [0.05, 0.1) is 10.7 Å². The van der Waals surface area contributed by atoms with Gasteiger partial charge in [0.1, 0.15) is 11.4 Å². The molecule has 1 aliphatic heterocycles. The van der Waals surface area contributed by atoms with Gasteiger partial charge in [-0.15, -0.1) is 0 Å². The van der Waals surface area contributed by atoms with Crippen LogP contribution < -0.4 is 5.32 Å². The third-order valence-electron chi connectivity index (χ3n) is 3.97. The van der Waals surface area contributed by atoms with Crippen molar-refractivity contribution >= 4 is 17.5 Å². The van der Waals surface area contributed by atoms with Gasteiger partial charge in [-0.25, -0.2) is 0 Å². The Morgan fingerprint density at radius 1 is 1.22 bits per heavy atom. The Hall–Kier alpha value is -2.60. The van der Waals surface area contributed by atoms with Gasteiger partial charge in [-0.2, -0.15) is 5.10 Å². The molecule has 1 N–H and O–H groups in total. The third-order valence-corrected chi connectivity index (χ3v) is 4.33. The summed E-state index contributed by atoms with van der Waals surface area (Å²) in [5.41, 5.74) is 3.89. The van der Waals surface area contributed by atoms with Crippen molar-refractivity contribution in [3.8, 4) is 22.5 Å². The molecule has 4 heterocycles. The zero-order valence-electron chi connectivity index (χ0n) is 12.5. The van der Waals surface area contributed by atoms with E-state index < -0.39 is 0 Å². The van der Waals surface area contributed by atoms with Crippen molar-refractivity contribution in [1.29, 1.82) is 0 Å². The van der Waals surface area contributed by atoms with Crippen LogP contribution in [0.5, 0.6) is 0 Å². The molecular weight excluding hydrogens is 314 g/mol. The quantitative estimate of drug-likeness (QED) is 0.785. The van der Waals surface area contributed by atoms with E-state index in [0.717, 1.165) is 22.5 Å². The summed E-state index contributed by atoms with van der Waals surface area (Å²) in [6.07, 6.45) is 5.30. The first-order valence-corrected chi connectivity index (χ1v) is 7.65. The van der Waals surface area contributed by atoms with Crippen LogP contribution in [0.1, 0.15) is 10.5 Å². The number of halogens is 1. The van der Waals surface area contributed by atoms with E-state index in [9.17, 15) is 4.79 Å². The van der Waals surface area contributed by atoms with Crippen LogP contribution in [0, 0.1) is 0 Å². The first kappa shape index (κ1) is 14.0. The van der Waals surface area contributed by atoms with Gasteiger partial charge in [-0.05, 0) is 23.8 Å². The molecular formula is C16H14ClN5O.